The molecule has 1 aromatic heterocycles. The molecule has 4 nitrogen and oxygen atoms in total. The first-order valence-corrected chi connectivity index (χ1v) is 7.91. The molecule has 0 amide bonds. The highest BCUT2D eigenvalue weighted by Gasteiger charge is 2.31. The Morgan fingerprint density at radius 1 is 1.43 bits per heavy atom. The zero-order chi connectivity index (χ0) is 15.3. The summed E-state index contributed by atoms with van der Waals surface area (Å²) < 4.78 is 11.7. The number of aromatic nitrogens is 1. The van der Waals surface area contributed by atoms with E-state index in [0.717, 1.165) is 37.4 Å². The summed E-state index contributed by atoms with van der Waals surface area (Å²) >= 11 is 0. The van der Waals surface area contributed by atoms with E-state index in [1.54, 1.807) is 6.20 Å². The molecule has 2 rings (SSSR count). The lowest BCUT2D eigenvalue weighted by molar-refractivity contribution is -0.0327. The number of pyridine rings is 1. The first-order valence-electron chi connectivity index (χ1n) is 7.91. The number of nitrogens with one attached hydrogen (secondary N) is 1. The van der Waals surface area contributed by atoms with Gasteiger partial charge in [0.15, 0.2) is 0 Å². The third kappa shape index (κ3) is 5.64. The third-order valence-corrected chi connectivity index (χ3v) is 3.65. The van der Waals surface area contributed by atoms with E-state index in [0.29, 0.717) is 12.5 Å². The van der Waals surface area contributed by atoms with Crippen LogP contribution in [0, 0.1) is 5.92 Å². The molecule has 1 fully saturated rings. The summed E-state index contributed by atoms with van der Waals surface area (Å²) in [5.41, 5.74) is 1.04. The van der Waals surface area contributed by atoms with Crippen molar-refractivity contribution in [2.75, 3.05) is 13.2 Å². The van der Waals surface area contributed by atoms with Crippen LogP contribution in [0.15, 0.2) is 18.3 Å². The van der Waals surface area contributed by atoms with Crippen molar-refractivity contribution in [3.05, 3.63) is 24.0 Å². The monoisotopic (exact) mass is 292 g/mol. The third-order valence-electron chi connectivity index (χ3n) is 3.65. The van der Waals surface area contributed by atoms with Gasteiger partial charge in [0.05, 0.1) is 23.6 Å². The quantitative estimate of drug-likeness (QED) is 0.838. The normalized spacial score (nSPS) is 20.9. The summed E-state index contributed by atoms with van der Waals surface area (Å²) in [6, 6.07) is 4.00. The van der Waals surface area contributed by atoms with Crippen molar-refractivity contribution < 1.29 is 9.47 Å². The molecule has 1 aromatic rings. The SMILES string of the molecule is CC(C)CNCc1ccc(OCC2CCC(C)(C)O2)cn1. The Balaban J connectivity index is 1.72. The van der Waals surface area contributed by atoms with Crippen LogP contribution in [0.5, 0.6) is 5.75 Å². The molecule has 1 saturated heterocycles. The largest absolute Gasteiger partial charge is 0.489 e. The van der Waals surface area contributed by atoms with E-state index in [1.165, 1.54) is 0 Å². The second-order valence-electron chi connectivity index (χ2n) is 6.86. The van der Waals surface area contributed by atoms with Crippen LogP contribution in [-0.2, 0) is 11.3 Å². The van der Waals surface area contributed by atoms with Crippen molar-refractivity contribution in [3.8, 4) is 5.75 Å². The number of hydrogen-bond donors (Lipinski definition) is 1. The van der Waals surface area contributed by atoms with Crippen LogP contribution < -0.4 is 10.1 Å². The van der Waals surface area contributed by atoms with Gasteiger partial charge in [0, 0.05) is 6.54 Å². The fraction of sp³-hybridized carbons (Fsp3) is 0.706. The topological polar surface area (TPSA) is 43.4 Å². The summed E-state index contributed by atoms with van der Waals surface area (Å²) in [5, 5.41) is 3.38. The Hall–Kier alpha value is -1.13. The Morgan fingerprint density at radius 3 is 2.81 bits per heavy atom. The number of rotatable bonds is 7. The highest BCUT2D eigenvalue weighted by atomic mass is 16.6. The van der Waals surface area contributed by atoms with Gasteiger partial charge in [-0.1, -0.05) is 13.8 Å². The van der Waals surface area contributed by atoms with Gasteiger partial charge in [-0.05, 0) is 51.3 Å². The van der Waals surface area contributed by atoms with Crippen LogP contribution in [0.25, 0.3) is 0 Å². The number of hydrogen-bond acceptors (Lipinski definition) is 4. The molecular weight excluding hydrogens is 264 g/mol. The Kier molecular flexibility index (Phi) is 5.59. The molecule has 0 radical (unpaired) electrons. The van der Waals surface area contributed by atoms with Gasteiger partial charge in [0.2, 0.25) is 0 Å². The number of ether oxygens (including phenoxy) is 2. The molecule has 21 heavy (non-hydrogen) atoms. The van der Waals surface area contributed by atoms with Crippen molar-refractivity contribution in [3.63, 3.8) is 0 Å². The number of nitrogens with zero attached hydrogens (tertiary/aromatic N) is 1. The van der Waals surface area contributed by atoms with Crippen molar-refractivity contribution in [2.45, 2.75) is 58.8 Å². The lowest BCUT2D eigenvalue weighted by Crippen LogP contribution is -2.24. The fourth-order valence-electron chi connectivity index (χ4n) is 2.47. The molecular formula is C17H28N2O2. The van der Waals surface area contributed by atoms with Crippen molar-refractivity contribution in [2.24, 2.45) is 5.92 Å². The molecule has 0 spiro atoms. The summed E-state index contributed by atoms with van der Waals surface area (Å²) in [6.45, 7) is 11.1. The summed E-state index contributed by atoms with van der Waals surface area (Å²) in [7, 11) is 0. The second kappa shape index (κ2) is 7.23. The zero-order valence-electron chi connectivity index (χ0n) is 13.7. The summed E-state index contributed by atoms with van der Waals surface area (Å²) in [5.74, 6) is 1.47. The molecule has 118 valence electrons. The van der Waals surface area contributed by atoms with E-state index < -0.39 is 0 Å². The lowest BCUT2D eigenvalue weighted by Gasteiger charge is -2.19. The Morgan fingerprint density at radius 2 is 2.24 bits per heavy atom. The first kappa shape index (κ1) is 16.2. The van der Waals surface area contributed by atoms with E-state index in [1.807, 2.05) is 12.1 Å². The summed E-state index contributed by atoms with van der Waals surface area (Å²) in [4.78, 5) is 4.42. The minimum Gasteiger partial charge on any atom is -0.489 e. The van der Waals surface area contributed by atoms with E-state index in [9.17, 15) is 0 Å². The molecule has 1 aliphatic heterocycles. The molecule has 4 heteroatoms. The molecule has 1 aliphatic rings. The van der Waals surface area contributed by atoms with E-state index in [-0.39, 0.29) is 11.7 Å². The molecule has 2 heterocycles. The van der Waals surface area contributed by atoms with Gasteiger partial charge in [-0.25, -0.2) is 0 Å². The molecule has 0 aliphatic carbocycles. The van der Waals surface area contributed by atoms with Gasteiger partial charge in [0.1, 0.15) is 12.4 Å². The van der Waals surface area contributed by atoms with Gasteiger partial charge < -0.3 is 14.8 Å². The molecule has 0 saturated carbocycles. The molecule has 1 N–H and O–H groups in total. The second-order valence-corrected chi connectivity index (χ2v) is 6.86. The van der Waals surface area contributed by atoms with Crippen LogP contribution in [0.1, 0.15) is 46.2 Å². The van der Waals surface area contributed by atoms with E-state index in [2.05, 4.69) is 38.0 Å². The standard InChI is InChI=1S/C17H28N2O2/c1-13(2)9-18-10-14-5-6-15(11-19-14)20-12-16-7-8-17(3,4)21-16/h5-6,11,13,16,18H,7-10,12H2,1-4H3. The van der Waals surface area contributed by atoms with Gasteiger partial charge in [-0.15, -0.1) is 0 Å². The van der Waals surface area contributed by atoms with Crippen molar-refractivity contribution in [1.29, 1.82) is 0 Å². The van der Waals surface area contributed by atoms with Crippen LogP contribution in [0.3, 0.4) is 0 Å². The van der Waals surface area contributed by atoms with Crippen LogP contribution in [-0.4, -0.2) is 29.8 Å². The maximum atomic E-state index is 5.91. The minimum absolute atomic E-state index is 0.00177. The molecule has 0 aromatic carbocycles. The minimum atomic E-state index is -0.00177. The van der Waals surface area contributed by atoms with E-state index in [4.69, 9.17) is 9.47 Å². The van der Waals surface area contributed by atoms with Gasteiger partial charge in [-0.2, -0.15) is 0 Å². The maximum Gasteiger partial charge on any atom is 0.137 e. The Labute approximate surface area is 128 Å². The zero-order valence-corrected chi connectivity index (χ0v) is 13.7. The predicted molar refractivity (Wildman–Crippen MR) is 84.5 cm³/mol. The Bertz CT molecular complexity index is 429. The fourth-order valence-corrected chi connectivity index (χ4v) is 2.47. The molecule has 0 bridgehead atoms. The van der Waals surface area contributed by atoms with Crippen LogP contribution in [0.2, 0.25) is 0 Å². The lowest BCUT2D eigenvalue weighted by atomic mass is 10.1. The average molecular weight is 292 g/mol. The smallest absolute Gasteiger partial charge is 0.137 e. The highest BCUT2D eigenvalue weighted by Crippen LogP contribution is 2.29. The van der Waals surface area contributed by atoms with Gasteiger partial charge >= 0.3 is 0 Å². The van der Waals surface area contributed by atoms with Crippen LogP contribution in [0.4, 0.5) is 0 Å². The van der Waals surface area contributed by atoms with Crippen LogP contribution >= 0.6 is 0 Å². The van der Waals surface area contributed by atoms with Crippen molar-refractivity contribution in [1.82, 2.24) is 10.3 Å². The summed E-state index contributed by atoms with van der Waals surface area (Å²) in [6.07, 6.45) is 4.16. The maximum absolute atomic E-state index is 5.91. The molecule has 1 atom stereocenters. The van der Waals surface area contributed by atoms with Gasteiger partial charge in [0.25, 0.3) is 0 Å². The average Bonchev–Trinajstić information content (AvgIpc) is 2.77. The molecule has 1 unspecified atom stereocenters. The van der Waals surface area contributed by atoms with Gasteiger partial charge in [-0.3, -0.25) is 4.98 Å². The van der Waals surface area contributed by atoms with Crippen molar-refractivity contribution >= 4 is 0 Å². The predicted octanol–water partition coefficient (Wildman–Crippen LogP) is 3.16. The highest BCUT2D eigenvalue weighted by molar-refractivity contribution is 5.19. The first-order chi connectivity index (χ1) is 9.94. The van der Waals surface area contributed by atoms with E-state index >= 15 is 0 Å².